The predicted molar refractivity (Wildman–Crippen MR) is 34.7 cm³/mol. The Bertz CT molecular complexity index is 236. The topological polar surface area (TPSA) is 30.2 Å². The van der Waals surface area contributed by atoms with Gasteiger partial charge in [-0.05, 0) is 0 Å². The SMILES string of the molecule is C1=NCCc2nccn21. The zero-order valence-corrected chi connectivity index (χ0v) is 4.99. The van der Waals surface area contributed by atoms with Gasteiger partial charge in [0.05, 0.1) is 6.34 Å². The molecular formula is C6H7N3. The van der Waals surface area contributed by atoms with E-state index in [0.717, 1.165) is 18.8 Å². The molecule has 0 aliphatic carbocycles. The lowest BCUT2D eigenvalue weighted by Crippen LogP contribution is -2.09. The Morgan fingerprint density at radius 1 is 1.56 bits per heavy atom. The summed E-state index contributed by atoms with van der Waals surface area (Å²) in [6, 6.07) is 0. The number of rotatable bonds is 0. The summed E-state index contributed by atoms with van der Waals surface area (Å²) in [5.41, 5.74) is 0. The minimum atomic E-state index is 0.886. The maximum atomic E-state index is 4.13. The van der Waals surface area contributed by atoms with Gasteiger partial charge in [-0.25, -0.2) is 4.98 Å². The number of aromatic nitrogens is 2. The molecule has 0 aromatic carbocycles. The van der Waals surface area contributed by atoms with Crippen molar-refractivity contribution in [2.75, 3.05) is 6.54 Å². The van der Waals surface area contributed by atoms with Gasteiger partial charge < -0.3 is 0 Å². The average molecular weight is 121 g/mol. The van der Waals surface area contributed by atoms with Gasteiger partial charge in [0.25, 0.3) is 0 Å². The van der Waals surface area contributed by atoms with Crippen LogP contribution in [0.3, 0.4) is 0 Å². The van der Waals surface area contributed by atoms with Crippen molar-refractivity contribution in [3.05, 3.63) is 18.2 Å². The van der Waals surface area contributed by atoms with Crippen LogP contribution in [0.1, 0.15) is 5.82 Å². The second-order valence-electron chi connectivity index (χ2n) is 2.02. The number of fused-ring (bicyclic) bond motifs is 1. The van der Waals surface area contributed by atoms with E-state index in [9.17, 15) is 0 Å². The van der Waals surface area contributed by atoms with E-state index in [2.05, 4.69) is 9.98 Å². The highest BCUT2D eigenvalue weighted by Gasteiger charge is 2.02. The molecule has 0 N–H and O–H groups in total. The predicted octanol–water partition coefficient (Wildman–Crippen LogP) is 0.316. The molecule has 1 aromatic rings. The lowest BCUT2D eigenvalue weighted by atomic mass is 10.4. The monoisotopic (exact) mass is 121 g/mol. The van der Waals surface area contributed by atoms with Gasteiger partial charge in [0, 0.05) is 25.4 Å². The molecule has 9 heavy (non-hydrogen) atoms. The lowest BCUT2D eigenvalue weighted by molar-refractivity contribution is 0.827. The third-order valence-electron chi connectivity index (χ3n) is 1.42. The zero-order valence-electron chi connectivity index (χ0n) is 4.99. The van der Waals surface area contributed by atoms with Crippen molar-refractivity contribution in [1.82, 2.24) is 9.55 Å². The second kappa shape index (κ2) is 1.69. The van der Waals surface area contributed by atoms with Crippen LogP contribution in [-0.2, 0) is 6.42 Å². The summed E-state index contributed by atoms with van der Waals surface area (Å²) in [6.45, 7) is 0.886. The van der Waals surface area contributed by atoms with Gasteiger partial charge in [0.2, 0.25) is 0 Å². The quantitative estimate of drug-likeness (QED) is 0.486. The molecule has 3 nitrogen and oxygen atoms in total. The maximum absolute atomic E-state index is 4.13. The first-order chi connectivity index (χ1) is 4.47. The molecule has 0 atom stereocenters. The molecule has 0 fully saturated rings. The van der Waals surface area contributed by atoms with E-state index < -0.39 is 0 Å². The molecule has 2 heterocycles. The average Bonchev–Trinajstić information content (AvgIpc) is 2.33. The van der Waals surface area contributed by atoms with Crippen LogP contribution in [0.25, 0.3) is 0 Å². The van der Waals surface area contributed by atoms with Crippen LogP contribution in [0.4, 0.5) is 0 Å². The van der Waals surface area contributed by atoms with E-state index in [4.69, 9.17) is 0 Å². The first kappa shape index (κ1) is 4.73. The van der Waals surface area contributed by atoms with E-state index in [0.29, 0.717) is 0 Å². The van der Waals surface area contributed by atoms with Crippen LogP contribution in [-0.4, -0.2) is 22.4 Å². The fraction of sp³-hybridized carbons (Fsp3) is 0.333. The standard InChI is InChI=1S/C6H7N3/c1-2-7-5-9-4-3-8-6(1)9/h3-5H,1-2H2. The number of aliphatic imine (C=N–C) groups is 1. The Kier molecular flexibility index (Phi) is 0.886. The molecular weight excluding hydrogens is 114 g/mol. The smallest absolute Gasteiger partial charge is 0.115 e. The largest absolute Gasteiger partial charge is 0.294 e. The lowest BCUT2D eigenvalue weighted by Gasteiger charge is -2.03. The molecule has 0 spiro atoms. The molecule has 0 radical (unpaired) electrons. The molecule has 0 saturated carbocycles. The third-order valence-corrected chi connectivity index (χ3v) is 1.42. The highest BCUT2D eigenvalue weighted by atomic mass is 15.1. The van der Waals surface area contributed by atoms with Crippen molar-refractivity contribution < 1.29 is 0 Å². The molecule has 1 aliphatic heterocycles. The van der Waals surface area contributed by atoms with Gasteiger partial charge in [-0.1, -0.05) is 0 Å². The van der Waals surface area contributed by atoms with Gasteiger partial charge in [0.15, 0.2) is 0 Å². The van der Waals surface area contributed by atoms with Gasteiger partial charge in [-0.2, -0.15) is 0 Å². The minimum absolute atomic E-state index is 0.886. The highest BCUT2D eigenvalue weighted by molar-refractivity contribution is 5.60. The second-order valence-corrected chi connectivity index (χ2v) is 2.02. The van der Waals surface area contributed by atoms with Crippen molar-refractivity contribution in [3.8, 4) is 0 Å². The van der Waals surface area contributed by atoms with Gasteiger partial charge in [-0.15, -0.1) is 0 Å². The molecule has 1 aliphatic rings. The Labute approximate surface area is 53.1 Å². The van der Waals surface area contributed by atoms with Gasteiger partial charge in [-0.3, -0.25) is 9.56 Å². The number of nitrogens with zero attached hydrogens (tertiary/aromatic N) is 3. The summed E-state index contributed by atoms with van der Waals surface area (Å²) < 4.78 is 1.95. The van der Waals surface area contributed by atoms with E-state index in [1.54, 1.807) is 6.20 Å². The Hall–Kier alpha value is -1.12. The van der Waals surface area contributed by atoms with Crippen LogP contribution in [0.15, 0.2) is 17.4 Å². The number of hydrogen-bond acceptors (Lipinski definition) is 2. The summed E-state index contributed by atoms with van der Waals surface area (Å²) in [5, 5.41) is 0. The third kappa shape index (κ3) is 0.650. The van der Waals surface area contributed by atoms with Crippen molar-refractivity contribution in [2.45, 2.75) is 6.42 Å². The Morgan fingerprint density at radius 3 is 3.44 bits per heavy atom. The minimum Gasteiger partial charge on any atom is -0.294 e. The molecule has 3 heteroatoms. The van der Waals surface area contributed by atoms with Crippen molar-refractivity contribution in [3.63, 3.8) is 0 Å². The Morgan fingerprint density at radius 2 is 2.56 bits per heavy atom. The summed E-state index contributed by atoms with van der Waals surface area (Å²) >= 11 is 0. The number of imidazole rings is 1. The molecule has 2 rings (SSSR count). The van der Waals surface area contributed by atoms with Crippen molar-refractivity contribution in [1.29, 1.82) is 0 Å². The number of hydrogen-bond donors (Lipinski definition) is 0. The van der Waals surface area contributed by atoms with Crippen molar-refractivity contribution >= 4 is 6.34 Å². The van der Waals surface area contributed by atoms with Crippen molar-refractivity contribution in [2.24, 2.45) is 4.99 Å². The normalized spacial score (nSPS) is 15.6. The molecule has 0 amide bonds. The summed E-state index contributed by atoms with van der Waals surface area (Å²) in [5.74, 6) is 1.12. The summed E-state index contributed by atoms with van der Waals surface area (Å²) in [7, 11) is 0. The van der Waals surface area contributed by atoms with E-state index in [1.165, 1.54) is 0 Å². The molecule has 0 saturated heterocycles. The first-order valence-electron chi connectivity index (χ1n) is 2.98. The van der Waals surface area contributed by atoms with Gasteiger partial charge >= 0.3 is 0 Å². The fourth-order valence-corrected chi connectivity index (χ4v) is 0.953. The van der Waals surface area contributed by atoms with Crippen LogP contribution in [0.5, 0.6) is 0 Å². The Balaban J connectivity index is 2.53. The van der Waals surface area contributed by atoms with Crippen LogP contribution in [0.2, 0.25) is 0 Å². The van der Waals surface area contributed by atoms with E-state index in [1.807, 2.05) is 17.1 Å². The molecule has 1 aromatic heterocycles. The molecule has 46 valence electrons. The summed E-state index contributed by atoms with van der Waals surface area (Å²) in [6.07, 6.45) is 6.50. The van der Waals surface area contributed by atoms with E-state index >= 15 is 0 Å². The molecule has 0 unspecified atom stereocenters. The highest BCUT2D eigenvalue weighted by Crippen LogP contribution is 1.99. The van der Waals surface area contributed by atoms with Crippen LogP contribution >= 0.6 is 0 Å². The maximum Gasteiger partial charge on any atom is 0.115 e. The first-order valence-corrected chi connectivity index (χ1v) is 2.98. The van der Waals surface area contributed by atoms with Crippen LogP contribution in [0, 0.1) is 0 Å². The summed E-state index contributed by atoms with van der Waals surface area (Å²) in [4.78, 5) is 8.22. The zero-order chi connectivity index (χ0) is 6.10. The molecule has 0 bridgehead atoms. The van der Waals surface area contributed by atoms with Crippen LogP contribution < -0.4 is 0 Å². The fourth-order valence-electron chi connectivity index (χ4n) is 0.953. The van der Waals surface area contributed by atoms with E-state index in [-0.39, 0.29) is 0 Å². The van der Waals surface area contributed by atoms with Gasteiger partial charge in [0.1, 0.15) is 5.82 Å².